The predicted octanol–water partition coefficient (Wildman–Crippen LogP) is 4.81. The highest BCUT2D eigenvalue weighted by Gasteiger charge is 2.62. The minimum atomic E-state index is -0.370. The summed E-state index contributed by atoms with van der Waals surface area (Å²) in [7, 11) is 0. The van der Waals surface area contributed by atoms with Gasteiger partial charge in [0.05, 0.1) is 12.0 Å². The van der Waals surface area contributed by atoms with Gasteiger partial charge in [-0.15, -0.1) is 0 Å². The van der Waals surface area contributed by atoms with Crippen LogP contribution in [0.3, 0.4) is 0 Å². The Morgan fingerprint density at radius 3 is 2.21 bits per heavy atom. The molecule has 7 fully saturated rings. The molecule has 3 heteroatoms. The molecule has 152 valence electrons. The van der Waals surface area contributed by atoms with Crippen molar-refractivity contribution in [1.82, 2.24) is 0 Å². The van der Waals surface area contributed by atoms with Crippen LogP contribution in [-0.4, -0.2) is 18.4 Å². The molecule has 8 aliphatic rings. The number of fused-ring (bicyclic) bond motifs is 9. The third-order valence-electron chi connectivity index (χ3n) is 10.3. The number of hydrogen-bond donors (Lipinski definition) is 0. The molecule has 8 unspecified atom stereocenters. The lowest BCUT2D eigenvalue weighted by Gasteiger charge is -2.54. The summed E-state index contributed by atoms with van der Waals surface area (Å²) in [5.41, 5.74) is 0. The number of hydrogen-bond acceptors (Lipinski definition) is 3. The monoisotopic (exact) mass is 382 g/mol. The quantitative estimate of drug-likeness (QED) is 0.303. The van der Waals surface area contributed by atoms with Crippen LogP contribution in [0.5, 0.6) is 0 Å². The van der Waals surface area contributed by atoms with Crippen molar-refractivity contribution >= 4 is 5.97 Å². The molecule has 8 bridgehead atoms. The van der Waals surface area contributed by atoms with Gasteiger partial charge in [-0.05, 0) is 117 Å². The van der Waals surface area contributed by atoms with Gasteiger partial charge in [0.25, 0.3) is 0 Å². The van der Waals surface area contributed by atoms with Crippen LogP contribution in [0, 0.1) is 65.1 Å². The van der Waals surface area contributed by atoms with E-state index in [0.717, 1.165) is 59.7 Å². The number of rotatable bonds is 4. The summed E-state index contributed by atoms with van der Waals surface area (Å²) in [6.45, 7) is 1.97. The van der Waals surface area contributed by atoms with Crippen molar-refractivity contribution in [3.63, 3.8) is 0 Å². The van der Waals surface area contributed by atoms with E-state index in [1.165, 1.54) is 44.9 Å². The molecule has 8 rings (SSSR count). The second-order valence-electron chi connectivity index (χ2n) is 11.6. The summed E-state index contributed by atoms with van der Waals surface area (Å²) >= 11 is 0. The van der Waals surface area contributed by atoms with E-state index in [4.69, 9.17) is 9.47 Å². The molecule has 28 heavy (non-hydrogen) atoms. The number of carbonyl (C=O) groups excluding carboxylic acids is 1. The van der Waals surface area contributed by atoms with Crippen LogP contribution in [0.4, 0.5) is 0 Å². The fourth-order valence-corrected chi connectivity index (χ4v) is 9.88. The third kappa shape index (κ3) is 2.29. The van der Waals surface area contributed by atoms with Gasteiger partial charge in [-0.3, -0.25) is 4.79 Å². The zero-order chi connectivity index (χ0) is 18.6. The van der Waals surface area contributed by atoms with Crippen molar-refractivity contribution in [3.8, 4) is 0 Å². The molecule has 0 heterocycles. The Morgan fingerprint density at radius 2 is 1.50 bits per heavy atom. The average Bonchev–Trinajstić information content (AvgIpc) is 3.43. The Balaban J connectivity index is 0.999. The molecule has 0 aromatic carbocycles. The molecular weight excluding hydrogens is 348 g/mol. The van der Waals surface area contributed by atoms with Crippen molar-refractivity contribution in [3.05, 3.63) is 12.2 Å². The summed E-state index contributed by atoms with van der Waals surface area (Å²) in [6.07, 6.45) is 15.5. The van der Waals surface area contributed by atoms with Crippen LogP contribution in [-0.2, 0) is 14.3 Å². The van der Waals surface area contributed by atoms with E-state index in [1.54, 1.807) is 0 Å². The lowest BCUT2D eigenvalue weighted by molar-refractivity contribution is -0.223. The number of allylic oxidation sites excluding steroid dienone is 2. The predicted molar refractivity (Wildman–Crippen MR) is 105 cm³/mol. The number of esters is 1. The van der Waals surface area contributed by atoms with E-state index in [9.17, 15) is 4.79 Å². The first-order chi connectivity index (χ1) is 13.6. The molecule has 3 nitrogen and oxygen atoms in total. The minimum absolute atomic E-state index is 0.0500. The smallest absolute Gasteiger partial charge is 0.311 e. The highest BCUT2D eigenvalue weighted by molar-refractivity contribution is 5.73. The van der Waals surface area contributed by atoms with Crippen LogP contribution in [0.1, 0.15) is 58.3 Å². The Labute approximate surface area is 168 Å². The fourth-order valence-electron chi connectivity index (χ4n) is 9.88. The molecule has 8 aliphatic carbocycles. The van der Waals surface area contributed by atoms with Crippen LogP contribution in [0.15, 0.2) is 12.2 Å². The molecule has 0 N–H and O–H groups in total. The molecule has 0 aromatic rings. The molecule has 0 spiro atoms. The van der Waals surface area contributed by atoms with Gasteiger partial charge in [-0.1, -0.05) is 12.2 Å². The Morgan fingerprint density at radius 1 is 0.821 bits per heavy atom. The molecular formula is C25H34O3. The van der Waals surface area contributed by atoms with E-state index >= 15 is 0 Å². The minimum Gasteiger partial charge on any atom is -0.436 e. The zero-order valence-corrected chi connectivity index (χ0v) is 17.0. The van der Waals surface area contributed by atoms with E-state index in [-0.39, 0.29) is 18.2 Å². The SMILES string of the molecule is CC(OC(=O)C1CC2CC1C1C3C=CC(C3)C21)OC1C2CC3CC(C2)CC1C3. The van der Waals surface area contributed by atoms with Gasteiger partial charge >= 0.3 is 5.97 Å². The Hall–Kier alpha value is -0.830. The standard InChI is InChI=1S/C25H34O3/c1-12(27-24-18-5-13-4-14(7-18)8-19(24)6-13)28-25(26)21-11-17-10-20(21)23-16-3-2-15(9-16)22(17)23/h2-3,12-24H,4-11H2,1H3. The maximum absolute atomic E-state index is 13.1. The van der Waals surface area contributed by atoms with Crippen molar-refractivity contribution in [2.24, 2.45) is 65.1 Å². The van der Waals surface area contributed by atoms with Gasteiger partial charge < -0.3 is 9.47 Å². The van der Waals surface area contributed by atoms with Crippen LogP contribution >= 0.6 is 0 Å². The molecule has 0 amide bonds. The van der Waals surface area contributed by atoms with Crippen molar-refractivity contribution in [1.29, 1.82) is 0 Å². The summed E-state index contributed by atoms with van der Waals surface area (Å²) in [5.74, 6) is 8.13. The molecule has 0 saturated heterocycles. The molecule has 7 saturated carbocycles. The maximum atomic E-state index is 13.1. The highest BCUT2D eigenvalue weighted by Crippen LogP contribution is 2.67. The molecule has 0 aliphatic heterocycles. The van der Waals surface area contributed by atoms with Gasteiger partial charge in [0.1, 0.15) is 0 Å². The van der Waals surface area contributed by atoms with Crippen molar-refractivity contribution < 1.29 is 14.3 Å². The first-order valence-corrected chi connectivity index (χ1v) is 12.2. The van der Waals surface area contributed by atoms with Gasteiger partial charge in [-0.25, -0.2) is 0 Å². The summed E-state index contributed by atoms with van der Waals surface area (Å²) in [5, 5.41) is 0. The summed E-state index contributed by atoms with van der Waals surface area (Å²) < 4.78 is 12.4. The van der Waals surface area contributed by atoms with Crippen LogP contribution in [0.2, 0.25) is 0 Å². The van der Waals surface area contributed by atoms with Gasteiger partial charge in [0.2, 0.25) is 0 Å². The van der Waals surface area contributed by atoms with E-state index < -0.39 is 0 Å². The topological polar surface area (TPSA) is 35.5 Å². The van der Waals surface area contributed by atoms with E-state index in [0.29, 0.717) is 12.0 Å². The van der Waals surface area contributed by atoms with Gasteiger partial charge in [0, 0.05) is 0 Å². The third-order valence-corrected chi connectivity index (χ3v) is 10.3. The zero-order valence-electron chi connectivity index (χ0n) is 17.0. The van der Waals surface area contributed by atoms with Crippen molar-refractivity contribution in [2.45, 2.75) is 70.7 Å². The maximum Gasteiger partial charge on any atom is 0.311 e. The average molecular weight is 383 g/mol. The second kappa shape index (κ2) is 5.86. The van der Waals surface area contributed by atoms with Crippen LogP contribution in [0.25, 0.3) is 0 Å². The van der Waals surface area contributed by atoms with Crippen molar-refractivity contribution in [2.75, 3.05) is 0 Å². The van der Waals surface area contributed by atoms with E-state index in [1.807, 2.05) is 6.92 Å². The first kappa shape index (κ1) is 16.9. The largest absolute Gasteiger partial charge is 0.436 e. The first-order valence-electron chi connectivity index (χ1n) is 12.2. The Kier molecular flexibility index (Phi) is 3.54. The lowest BCUT2D eigenvalue weighted by atomic mass is 9.55. The van der Waals surface area contributed by atoms with Gasteiger partial charge in [-0.2, -0.15) is 0 Å². The number of carbonyl (C=O) groups is 1. The summed E-state index contributed by atoms with van der Waals surface area (Å²) in [4.78, 5) is 13.1. The van der Waals surface area contributed by atoms with Gasteiger partial charge in [0.15, 0.2) is 6.29 Å². The fraction of sp³-hybridized carbons (Fsp3) is 0.880. The second-order valence-corrected chi connectivity index (χ2v) is 11.6. The highest BCUT2D eigenvalue weighted by atomic mass is 16.7. The number of ether oxygens (including phenoxy) is 2. The molecule has 8 atom stereocenters. The van der Waals surface area contributed by atoms with E-state index in [2.05, 4.69) is 12.2 Å². The summed E-state index contributed by atoms with van der Waals surface area (Å²) in [6, 6.07) is 0. The molecule has 0 aromatic heterocycles. The Bertz CT molecular complexity index is 685. The molecule has 0 radical (unpaired) electrons. The normalized spacial score (nSPS) is 57.8. The van der Waals surface area contributed by atoms with Crippen LogP contribution < -0.4 is 0 Å². The lowest BCUT2D eigenvalue weighted by Crippen LogP contribution is -2.50.